The number of fused-ring (bicyclic) bond motifs is 1. The van der Waals surface area contributed by atoms with E-state index in [0.29, 0.717) is 30.1 Å². The molecule has 0 amide bonds. The Morgan fingerprint density at radius 2 is 2.00 bits per heavy atom. The average molecular weight is 421 g/mol. The lowest BCUT2D eigenvalue weighted by Gasteiger charge is -2.22. The van der Waals surface area contributed by atoms with Crippen molar-refractivity contribution in [2.45, 2.75) is 27.2 Å². The van der Waals surface area contributed by atoms with Gasteiger partial charge in [-0.1, -0.05) is 18.2 Å². The molecule has 1 heterocycles. The Labute approximate surface area is 180 Å². The van der Waals surface area contributed by atoms with E-state index >= 15 is 0 Å². The molecular weight excluding hydrogens is 396 g/mol. The molecule has 3 rings (SSSR count). The van der Waals surface area contributed by atoms with E-state index in [0.717, 1.165) is 33.6 Å². The number of ether oxygens (including phenoxy) is 1. The number of nitrogens with zero attached hydrogens (tertiary/aromatic N) is 4. The Hall–Kier alpha value is -3.24. The van der Waals surface area contributed by atoms with Crippen LogP contribution in [0.2, 0.25) is 0 Å². The van der Waals surface area contributed by atoms with Crippen LogP contribution in [0.15, 0.2) is 52.7 Å². The summed E-state index contributed by atoms with van der Waals surface area (Å²) in [6.45, 7) is 7.66. The van der Waals surface area contributed by atoms with Crippen molar-refractivity contribution in [3.63, 3.8) is 0 Å². The number of rotatable bonds is 8. The third-order valence-corrected chi connectivity index (χ3v) is 5.78. The highest BCUT2D eigenvalue weighted by Gasteiger charge is 2.20. The standard InChI is InChI=1S/C23H24N4O2S/c1-4-27(14-8-13-24)17-11-12-19(16(3)15-17)25-26-22-21(23(28)29-5-2)18-9-6-7-10-20(18)30-22/h6-7,9-12,15H,4-5,8,14H2,1-3H3. The van der Waals surface area contributed by atoms with Crippen LogP contribution in [0.5, 0.6) is 0 Å². The fraction of sp³-hybridized carbons (Fsp3) is 0.304. The summed E-state index contributed by atoms with van der Waals surface area (Å²) in [5.74, 6) is -0.382. The molecule has 0 fully saturated rings. The second-order valence-electron chi connectivity index (χ2n) is 6.66. The van der Waals surface area contributed by atoms with Gasteiger partial charge in [0.05, 0.1) is 24.8 Å². The summed E-state index contributed by atoms with van der Waals surface area (Å²) in [4.78, 5) is 14.7. The number of carbonyl (C=O) groups excluding carboxylic acids is 1. The molecule has 7 heteroatoms. The van der Waals surface area contributed by atoms with E-state index in [4.69, 9.17) is 10.00 Å². The maximum atomic E-state index is 12.5. The topological polar surface area (TPSA) is 78.0 Å². The molecule has 0 unspecified atom stereocenters. The number of nitriles is 1. The van der Waals surface area contributed by atoms with Crippen LogP contribution in [0.1, 0.15) is 36.2 Å². The molecule has 0 N–H and O–H groups in total. The van der Waals surface area contributed by atoms with Crippen molar-refractivity contribution in [2.24, 2.45) is 10.2 Å². The van der Waals surface area contributed by atoms with Crippen molar-refractivity contribution in [1.82, 2.24) is 0 Å². The zero-order valence-corrected chi connectivity index (χ0v) is 18.2. The van der Waals surface area contributed by atoms with Crippen LogP contribution in [0.3, 0.4) is 0 Å². The third kappa shape index (κ3) is 4.66. The van der Waals surface area contributed by atoms with Gasteiger partial charge in [0.1, 0.15) is 5.56 Å². The van der Waals surface area contributed by atoms with Gasteiger partial charge in [-0.3, -0.25) is 0 Å². The lowest BCUT2D eigenvalue weighted by Crippen LogP contribution is -2.23. The Balaban J connectivity index is 1.92. The molecule has 1 aromatic heterocycles. The Morgan fingerprint density at radius 1 is 1.20 bits per heavy atom. The van der Waals surface area contributed by atoms with Crippen molar-refractivity contribution in [3.05, 3.63) is 53.6 Å². The number of thiophene rings is 1. The normalized spacial score (nSPS) is 11.0. The van der Waals surface area contributed by atoms with Crippen LogP contribution >= 0.6 is 11.3 Å². The Bertz CT molecular complexity index is 1110. The number of hydrogen-bond donors (Lipinski definition) is 0. The van der Waals surface area contributed by atoms with Gasteiger partial charge in [0, 0.05) is 28.9 Å². The van der Waals surface area contributed by atoms with E-state index in [1.165, 1.54) is 11.3 Å². The van der Waals surface area contributed by atoms with Gasteiger partial charge in [0.25, 0.3) is 0 Å². The fourth-order valence-corrected chi connectivity index (χ4v) is 4.22. The first-order valence-electron chi connectivity index (χ1n) is 9.92. The minimum Gasteiger partial charge on any atom is -0.462 e. The lowest BCUT2D eigenvalue weighted by atomic mass is 10.1. The van der Waals surface area contributed by atoms with Crippen molar-refractivity contribution < 1.29 is 9.53 Å². The molecule has 154 valence electrons. The summed E-state index contributed by atoms with van der Waals surface area (Å²) in [6.07, 6.45) is 0.483. The van der Waals surface area contributed by atoms with Gasteiger partial charge in [-0.15, -0.1) is 21.6 Å². The van der Waals surface area contributed by atoms with Gasteiger partial charge >= 0.3 is 5.97 Å². The van der Waals surface area contributed by atoms with E-state index in [-0.39, 0.29) is 5.97 Å². The number of benzene rings is 2. The van der Waals surface area contributed by atoms with E-state index in [2.05, 4.69) is 28.1 Å². The van der Waals surface area contributed by atoms with Crippen LogP contribution in [0, 0.1) is 18.3 Å². The zero-order valence-electron chi connectivity index (χ0n) is 17.4. The molecule has 0 saturated carbocycles. The lowest BCUT2D eigenvalue weighted by molar-refractivity contribution is 0.0530. The fourth-order valence-electron chi connectivity index (χ4n) is 3.21. The van der Waals surface area contributed by atoms with Crippen molar-refractivity contribution in [3.8, 4) is 6.07 Å². The SMILES string of the molecule is CCOC(=O)c1c(N=Nc2ccc(N(CC)CCC#N)cc2C)sc2ccccc12. The second kappa shape index (κ2) is 9.99. The summed E-state index contributed by atoms with van der Waals surface area (Å²) < 4.78 is 6.21. The highest BCUT2D eigenvalue weighted by atomic mass is 32.1. The molecular formula is C23H24N4O2S. The maximum absolute atomic E-state index is 12.5. The molecule has 6 nitrogen and oxygen atoms in total. The number of anilines is 1. The van der Waals surface area contributed by atoms with Gasteiger partial charge in [0.15, 0.2) is 5.00 Å². The highest BCUT2D eigenvalue weighted by Crippen LogP contribution is 2.39. The van der Waals surface area contributed by atoms with Gasteiger partial charge in [-0.05, 0) is 50.6 Å². The summed E-state index contributed by atoms with van der Waals surface area (Å²) in [5.41, 5.74) is 3.23. The molecule has 0 aliphatic rings. The predicted molar refractivity (Wildman–Crippen MR) is 121 cm³/mol. The van der Waals surface area contributed by atoms with E-state index in [9.17, 15) is 4.79 Å². The number of hydrogen-bond acceptors (Lipinski definition) is 7. The molecule has 0 radical (unpaired) electrons. The quantitative estimate of drug-likeness (QED) is 0.306. The van der Waals surface area contributed by atoms with E-state index < -0.39 is 0 Å². The first kappa shape index (κ1) is 21.5. The number of aryl methyl sites for hydroxylation is 1. The van der Waals surface area contributed by atoms with Crippen LogP contribution in [-0.2, 0) is 4.74 Å². The highest BCUT2D eigenvalue weighted by molar-refractivity contribution is 7.23. The maximum Gasteiger partial charge on any atom is 0.341 e. The molecule has 0 aliphatic carbocycles. The number of azo groups is 1. The molecule has 0 bridgehead atoms. The smallest absolute Gasteiger partial charge is 0.341 e. The minimum atomic E-state index is -0.382. The van der Waals surface area contributed by atoms with Gasteiger partial charge < -0.3 is 9.64 Å². The molecule has 0 spiro atoms. The average Bonchev–Trinajstić information content (AvgIpc) is 3.12. The van der Waals surface area contributed by atoms with Crippen LogP contribution < -0.4 is 4.90 Å². The summed E-state index contributed by atoms with van der Waals surface area (Å²) in [5, 5.41) is 19.0. The van der Waals surface area contributed by atoms with Crippen LogP contribution in [0.4, 0.5) is 16.4 Å². The molecule has 30 heavy (non-hydrogen) atoms. The molecule has 2 aromatic carbocycles. The zero-order chi connectivity index (χ0) is 21.5. The number of esters is 1. The molecule has 0 aliphatic heterocycles. The third-order valence-electron chi connectivity index (χ3n) is 4.73. The summed E-state index contributed by atoms with van der Waals surface area (Å²) in [6, 6.07) is 15.8. The molecule has 3 aromatic rings. The van der Waals surface area contributed by atoms with E-state index in [1.807, 2.05) is 49.4 Å². The largest absolute Gasteiger partial charge is 0.462 e. The van der Waals surface area contributed by atoms with Crippen molar-refractivity contribution >= 4 is 43.8 Å². The second-order valence-corrected chi connectivity index (χ2v) is 7.69. The van der Waals surface area contributed by atoms with Crippen molar-refractivity contribution in [2.75, 3.05) is 24.6 Å². The van der Waals surface area contributed by atoms with Crippen LogP contribution in [-0.4, -0.2) is 25.7 Å². The van der Waals surface area contributed by atoms with Gasteiger partial charge in [0.2, 0.25) is 0 Å². The van der Waals surface area contributed by atoms with E-state index in [1.54, 1.807) is 6.92 Å². The van der Waals surface area contributed by atoms with Crippen LogP contribution in [0.25, 0.3) is 10.1 Å². The summed E-state index contributed by atoms with van der Waals surface area (Å²) in [7, 11) is 0. The van der Waals surface area contributed by atoms with Gasteiger partial charge in [-0.2, -0.15) is 5.26 Å². The van der Waals surface area contributed by atoms with Gasteiger partial charge in [-0.25, -0.2) is 4.79 Å². The minimum absolute atomic E-state index is 0.305. The first-order chi connectivity index (χ1) is 14.6. The molecule has 0 saturated heterocycles. The Morgan fingerprint density at radius 3 is 2.70 bits per heavy atom. The summed E-state index contributed by atoms with van der Waals surface area (Å²) >= 11 is 1.42. The monoisotopic (exact) mass is 420 g/mol. The number of carbonyl (C=O) groups is 1. The first-order valence-corrected chi connectivity index (χ1v) is 10.7. The predicted octanol–water partition coefficient (Wildman–Crippen LogP) is 6.54. The Kier molecular flexibility index (Phi) is 7.15. The van der Waals surface area contributed by atoms with Crippen molar-refractivity contribution in [1.29, 1.82) is 5.26 Å². The molecule has 0 atom stereocenters.